The highest BCUT2D eigenvalue weighted by molar-refractivity contribution is 5.71. The Kier molecular flexibility index (Phi) is 7.41. The normalized spacial score (nSPS) is 35.4. The van der Waals surface area contributed by atoms with E-state index in [4.69, 9.17) is 0 Å². The average molecular weight is 469 g/mol. The number of rotatable bonds is 9. The molecular formula is C30H44O4. The fraction of sp³-hybridized carbons (Fsp3) is 0.667. The van der Waals surface area contributed by atoms with Crippen LogP contribution < -0.4 is 0 Å². The third kappa shape index (κ3) is 4.33. The van der Waals surface area contributed by atoms with Gasteiger partial charge >= 0.3 is 11.9 Å². The first-order valence-electron chi connectivity index (χ1n) is 12.9. The van der Waals surface area contributed by atoms with Crippen molar-refractivity contribution < 1.29 is 19.8 Å². The van der Waals surface area contributed by atoms with Crippen molar-refractivity contribution in [2.24, 2.45) is 34.0 Å². The second-order valence-corrected chi connectivity index (χ2v) is 12.1. The Balaban J connectivity index is 2.01. The molecule has 0 bridgehead atoms. The zero-order valence-corrected chi connectivity index (χ0v) is 22.0. The summed E-state index contributed by atoms with van der Waals surface area (Å²) in [4.78, 5) is 23.9. The number of hydrogen-bond donors (Lipinski definition) is 2. The molecule has 3 rings (SSSR count). The SMILES string of the molecule is C=C(C)C1CC=C2C(=CCC3(C)C(C(CCC=C(C)C)C(=O)O)CCC23C)C1(C)CCC(=O)O. The van der Waals surface area contributed by atoms with Crippen molar-refractivity contribution in [3.05, 3.63) is 47.1 Å². The number of fused-ring (bicyclic) bond motifs is 3. The maximum absolute atomic E-state index is 12.4. The van der Waals surface area contributed by atoms with E-state index in [-0.39, 0.29) is 40.4 Å². The van der Waals surface area contributed by atoms with E-state index < -0.39 is 11.9 Å². The maximum atomic E-state index is 12.4. The topological polar surface area (TPSA) is 74.6 Å². The number of allylic oxidation sites excluding steroid dienone is 7. The van der Waals surface area contributed by atoms with Crippen molar-refractivity contribution in [2.45, 2.75) is 92.9 Å². The number of aliphatic carboxylic acids is 2. The van der Waals surface area contributed by atoms with Gasteiger partial charge in [0.1, 0.15) is 0 Å². The van der Waals surface area contributed by atoms with E-state index in [0.29, 0.717) is 12.8 Å². The minimum absolute atomic E-state index is 0.101. The van der Waals surface area contributed by atoms with Gasteiger partial charge in [-0.25, -0.2) is 0 Å². The van der Waals surface area contributed by atoms with Gasteiger partial charge in [-0.1, -0.05) is 56.7 Å². The Hall–Kier alpha value is -2.10. The number of hydrogen-bond acceptors (Lipinski definition) is 2. The van der Waals surface area contributed by atoms with Gasteiger partial charge in [0.15, 0.2) is 0 Å². The molecule has 0 aromatic rings. The summed E-state index contributed by atoms with van der Waals surface area (Å²) in [6.07, 6.45) is 12.7. The maximum Gasteiger partial charge on any atom is 0.306 e. The van der Waals surface area contributed by atoms with Crippen LogP contribution in [-0.2, 0) is 9.59 Å². The van der Waals surface area contributed by atoms with Crippen molar-refractivity contribution in [3.8, 4) is 0 Å². The van der Waals surface area contributed by atoms with Gasteiger partial charge in [-0.15, -0.1) is 0 Å². The smallest absolute Gasteiger partial charge is 0.306 e. The third-order valence-corrected chi connectivity index (χ3v) is 9.88. The van der Waals surface area contributed by atoms with Gasteiger partial charge in [-0.2, -0.15) is 0 Å². The molecule has 2 N–H and O–H groups in total. The first kappa shape index (κ1) is 26.5. The third-order valence-electron chi connectivity index (χ3n) is 9.88. The van der Waals surface area contributed by atoms with E-state index in [2.05, 4.69) is 66.3 Å². The van der Waals surface area contributed by atoms with Crippen molar-refractivity contribution in [3.63, 3.8) is 0 Å². The number of carboxylic acids is 2. The van der Waals surface area contributed by atoms with Crippen LogP contribution in [0.15, 0.2) is 47.1 Å². The van der Waals surface area contributed by atoms with Gasteiger partial charge < -0.3 is 10.2 Å². The van der Waals surface area contributed by atoms with Gasteiger partial charge in [0, 0.05) is 6.42 Å². The summed E-state index contributed by atoms with van der Waals surface area (Å²) in [7, 11) is 0. The van der Waals surface area contributed by atoms with Crippen LogP contribution in [0.4, 0.5) is 0 Å². The Morgan fingerprint density at radius 3 is 2.38 bits per heavy atom. The summed E-state index contributed by atoms with van der Waals surface area (Å²) in [6.45, 7) is 17.3. The quantitative estimate of drug-likeness (QED) is 0.342. The van der Waals surface area contributed by atoms with Crippen LogP contribution >= 0.6 is 0 Å². The minimum atomic E-state index is -0.758. The predicted molar refractivity (Wildman–Crippen MR) is 137 cm³/mol. The van der Waals surface area contributed by atoms with E-state index in [1.54, 1.807) is 0 Å². The second kappa shape index (κ2) is 9.51. The van der Waals surface area contributed by atoms with E-state index in [0.717, 1.165) is 37.7 Å². The second-order valence-electron chi connectivity index (χ2n) is 12.1. The molecule has 0 radical (unpaired) electrons. The molecule has 34 heavy (non-hydrogen) atoms. The molecule has 0 heterocycles. The van der Waals surface area contributed by atoms with Crippen molar-refractivity contribution in [1.29, 1.82) is 0 Å². The van der Waals surface area contributed by atoms with Crippen LogP contribution in [0.25, 0.3) is 0 Å². The van der Waals surface area contributed by atoms with Gasteiger partial charge in [0.25, 0.3) is 0 Å². The zero-order chi connectivity index (χ0) is 25.5. The van der Waals surface area contributed by atoms with Crippen molar-refractivity contribution in [1.82, 2.24) is 0 Å². The fourth-order valence-electron chi connectivity index (χ4n) is 7.67. The Morgan fingerprint density at radius 2 is 1.82 bits per heavy atom. The lowest BCUT2D eigenvalue weighted by atomic mass is 9.48. The first-order valence-corrected chi connectivity index (χ1v) is 12.9. The van der Waals surface area contributed by atoms with Crippen LogP contribution in [0.5, 0.6) is 0 Å². The van der Waals surface area contributed by atoms with E-state index in [9.17, 15) is 19.8 Å². The molecule has 0 amide bonds. The molecule has 0 saturated heterocycles. The molecule has 4 heteroatoms. The van der Waals surface area contributed by atoms with Gasteiger partial charge in [0.05, 0.1) is 5.92 Å². The Labute approximate surface area is 205 Å². The molecular weight excluding hydrogens is 424 g/mol. The highest BCUT2D eigenvalue weighted by Crippen LogP contribution is 2.70. The minimum Gasteiger partial charge on any atom is -0.481 e. The molecule has 4 nitrogen and oxygen atoms in total. The van der Waals surface area contributed by atoms with Crippen molar-refractivity contribution in [2.75, 3.05) is 0 Å². The van der Waals surface area contributed by atoms with Gasteiger partial charge in [-0.05, 0) is 105 Å². The highest BCUT2D eigenvalue weighted by Gasteiger charge is 2.62. The fourth-order valence-corrected chi connectivity index (χ4v) is 7.67. The van der Waals surface area contributed by atoms with E-state index >= 15 is 0 Å². The van der Waals surface area contributed by atoms with Crippen molar-refractivity contribution >= 4 is 11.9 Å². The molecule has 0 aliphatic heterocycles. The molecule has 0 aromatic heterocycles. The van der Waals surface area contributed by atoms with E-state index in [1.165, 1.54) is 16.7 Å². The first-order chi connectivity index (χ1) is 15.8. The molecule has 1 saturated carbocycles. The summed E-state index contributed by atoms with van der Waals surface area (Å²) < 4.78 is 0. The molecule has 3 aliphatic carbocycles. The lowest BCUT2D eigenvalue weighted by Gasteiger charge is -2.56. The Bertz CT molecular complexity index is 949. The molecule has 0 spiro atoms. The molecule has 0 aromatic carbocycles. The summed E-state index contributed by atoms with van der Waals surface area (Å²) in [5, 5.41) is 19.7. The molecule has 188 valence electrons. The summed E-state index contributed by atoms with van der Waals surface area (Å²) >= 11 is 0. The highest BCUT2D eigenvalue weighted by atomic mass is 16.4. The predicted octanol–water partition coefficient (Wildman–Crippen LogP) is 7.58. The zero-order valence-electron chi connectivity index (χ0n) is 22.0. The average Bonchev–Trinajstić information content (AvgIpc) is 3.01. The van der Waals surface area contributed by atoms with Crippen LogP contribution in [0.1, 0.15) is 92.9 Å². The largest absolute Gasteiger partial charge is 0.481 e. The summed E-state index contributed by atoms with van der Waals surface area (Å²) in [6, 6.07) is 0. The summed E-state index contributed by atoms with van der Waals surface area (Å²) in [5.41, 5.74) is 4.50. The number of carboxylic acid groups (broad SMARTS) is 2. The number of carbonyl (C=O) groups is 2. The molecule has 1 fully saturated rings. The monoisotopic (exact) mass is 468 g/mol. The van der Waals surface area contributed by atoms with Crippen LogP contribution in [0, 0.1) is 34.0 Å². The molecule has 3 aliphatic rings. The van der Waals surface area contributed by atoms with Crippen LogP contribution in [0.2, 0.25) is 0 Å². The molecule has 6 unspecified atom stereocenters. The van der Waals surface area contributed by atoms with Gasteiger partial charge in [0.2, 0.25) is 0 Å². The van der Waals surface area contributed by atoms with Gasteiger partial charge in [-0.3, -0.25) is 9.59 Å². The Morgan fingerprint density at radius 1 is 1.15 bits per heavy atom. The molecule has 6 atom stereocenters. The lowest BCUT2D eigenvalue weighted by Crippen LogP contribution is -2.48. The lowest BCUT2D eigenvalue weighted by molar-refractivity contribution is -0.146. The standard InChI is InChI=1S/C30H44O4/c1-19(2)9-8-10-21(27(33)34)23-13-17-30(7)25-12-11-22(20(3)4)28(5,16-15-26(31)32)24(25)14-18-29(23,30)6/h9,12,14,21-23H,3,8,10-11,13,15-18H2,1-2,4-7H3,(H,31,32)(H,33,34). The van der Waals surface area contributed by atoms with Crippen LogP contribution in [0.3, 0.4) is 0 Å². The summed E-state index contributed by atoms with van der Waals surface area (Å²) in [5.74, 6) is -1.42. The van der Waals surface area contributed by atoms with E-state index in [1.807, 2.05) is 0 Å². The van der Waals surface area contributed by atoms with Crippen LogP contribution in [-0.4, -0.2) is 22.2 Å².